The van der Waals surface area contributed by atoms with Gasteiger partial charge in [-0.1, -0.05) is 0 Å². The standard InChI is InChI=1S/C8H10N6O/c15-7(12-8-10-5-11-13-8)1-3-14-4-2-9-6-14/h2,4-6H,1,3H2,(H2,10,11,12,13,15). The van der Waals surface area contributed by atoms with Gasteiger partial charge < -0.3 is 4.57 Å². The molecule has 0 radical (unpaired) electrons. The van der Waals surface area contributed by atoms with E-state index < -0.39 is 0 Å². The summed E-state index contributed by atoms with van der Waals surface area (Å²) < 4.78 is 1.83. The minimum Gasteiger partial charge on any atom is -0.337 e. The predicted molar refractivity (Wildman–Crippen MR) is 51.9 cm³/mol. The number of aryl methyl sites for hydroxylation is 1. The molecule has 0 unspecified atom stereocenters. The first kappa shape index (κ1) is 9.38. The first-order valence-electron chi connectivity index (χ1n) is 4.45. The Kier molecular flexibility index (Phi) is 2.72. The van der Waals surface area contributed by atoms with Crippen molar-refractivity contribution in [1.29, 1.82) is 0 Å². The van der Waals surface area contributed by atoms with Crippen LogP contribution in [0.25, 0.3) is 0 Å². The van der Waals surface area contributed by atoms with Gasteiger partial charge in [0.25, 0.3) is 0 Å². The smallest absolute Gasteiger partial charge is 0.228 e. The molecule has 7 nitrogen and oxygen atoms in total. The lowest BCUT2D eigenvalue weighted by Crippen LogP contribution is -2.14. The number of aromatic nitrogens is 5. The van der Waals surface area contributed by atoms with Gasteiger partial charge >= 0.3 is 0 Å². The number of carbonyl (C=O) groups is 1. The molecule has 2 heterocycles. The molecule has 0 aliphatic heterocycles. The zero-order valence-electron chi connectivity index (χ0n) is 7.92. The maximum absolute atomic E-state index is 11.4. The number of nitrogens with one attached hydrogen (secondary N) is 2. The molecule has 7 heteroatoms. The third-order valence-electron chi connectivity index (χ3n) is 1.83. The van der Waals surface area contributed by atoms with E-state index in [0.717, 1.165) is 0 Å². The van der Waals surface area contributed by atoms with Crippen molar-refractivity contribution < 1.29 is 4.79 Å². The van der Waals surface area contributed by atoms with Gasteiger partial charge in [0, 0.05) is 25.4 Å². The van der Waals surface area contributed by atoms with Crippen LogP contribution in [0.15, 0.2) is 25.0 Å². The molecule has 0 aromatic carbocycles. The van der Waals surface area contributed by atoms with Crippen LogP contribution in [0.5, 0.6) is 0 Å². The van der Waals surface area contributed by atoms with Gasteiger partial charge in [-0.25, -0.2) is 10.1 Å². The van der Waals surface area contributed by atoms with Crippen molar-refractivity contribution in [3.8, 4) is 0 Å². The third-order valence-corrected chi connectivity index (χ3v) is 1.83. The quantitative estimate of drug-likeness (QED) is 0.738. The van der Waals surface area contributed by atoms with Crippen LogP contribution in [0.3, 0.4) is 0 Å². The van der Waals surface area contributed by atoms with Gasteiger partial charge in [0.15, 0.2) is 0 Å². The maximum atomic E-state index is 11.4. The maximum Gasteiger partial charge on any atom is 0.228 e. The number of aromatic amines is 1. The Hall–Kier alpha value is -2.18. The van der Waals surface area contributed by atoms with Crippen LogP contribution in [0.2, 0.25) is 0 Å². The van der Waals surface area contributed by atoms with Gasteiger partial charge in [0.05, 0.1) is 6.33 Å². The Labute approximate surface area is 85.6 Å². The van der Waals surface area contributed by atoms with Gasteiger partial charge in [0.1, 0.15) is 6.33 Å². The third kappa shape index (κ3) is 2.63. The molecule has 2 rings (SSSR count). The molecule has 2 N–H and O–H groups in total. The molecular weight excluding hydrogens is 196 g/mol. The van der Waals surface area contributed by atoms with Crippen LogP contribution in [0.4, 0.5) is 5.95 Å². The normalized spacial score (nSPS) is 10.1. The molecule has 78 valence electrons. The molecule has 0 spiro atoms. The molecule has 0 aliphatic rings. The van der Waals surface area contributed by atoms with Crippen LogP contribution in [-0.2, 0) is 11.3 Å². The fraction of sp³-hybridized carbons (Fsp3) is 0.250. The first-order chi connectivity index (χ1) is 7.34. The molecular formula is C8H10N6O. The Bertz CT molecular complexity index is 406. The van der Waals surface area contributed by atoms with E-state index in [0.29, 0.717) is 18.9 Å². The van der Waals surface area contributed by atoms with Crippen LogP contribution < -0.4 is 5.32 Å². The summed E-state index contributed by atoms with van der Waals surface area (Å²) in [5, 5.41) is 8.75. The number of hydrogen-bond donors (Lipinski definition) is 2. The zero-order chi connectivity index (χ0) is 10.5. The summed E-state index contributed by atoms with van der Waals surface area (Å²) in [6.45, 7) is 0.597. The Morgan fingerprint density at radius 2 is 2.53 bits per heavy atom. The highest BCUT2D eigenvalue weighted by Gasteiger charge is 2.03. The van der Waals surface area contributed by atoms with Crippen molar-refractivity contribution in [2.24, 2.45) is 0 Å². The summed E-state index contributed by atoms with van der Waals surface area (Å²) in [6.07, 6.45) is 6.86. The highest BCUT2D eigenvalue weighted by molar-refractivity contribution is 5.88. The van der Waals surface area contributed by atoms with Crippen molar-refractivity contribution in [1.82, 2.24) is 24.7 Å². The largest absolute Gasteiger partial charge is 0.337 e. The minimum atomic E-state index is -0.111. The van der Waals surface area contributed by atoms with E-state index in [4.69, 9.17) is 0 Å². The van der Waals surface area contributed by atoms with E-state index in [9.17, 15) is 4.79 Å². The average Bonchev–Trinajstić information content (AvgIpc) is 2.86. The number of imidazole rings is 1. The lowest BCUT2D eigenvalue weighted by Gasteiger charge is -2.01. The summed E-state index contributed by atoms with van der Waals surface area (Å²) in [6, 6.07) is 0. The van der Waals surface area contributed by atoms with Crippen molar-refractivity contribution in [3.05, 3.63) is 25.0 Å². The molecule has 0 atom stereocenters. The Morgan fingerprint density at radius 3 is 3.20 bits per heavy atom. The van der Waals surface area contributed by atoms with E-state index in [-0.39, 0.29) is 5.91 Å². The van der Waals surface area contributed by atoms with Crippen molar-refractivity contribution in [2.45, 2.75) is 13.0 Å². The number of carbonyl (C=O) groups excluding carboxylic acids is 1. The number of rotatable bonds is 4. The second kappa shape index (κ2) is 4.36. The second-order valence-corrected chi connectivity index (χ2v) is 2.93. The number of nitrogens with zero attached hydrogens (tertiary/aromatic N) is 4. The van der Waals surface area contributed by atoms with Gasteiger partial charge in [-0.2, -0.15) is 10.1 Å². The van der Waals surface area contributed by atoms with E-state index in [1.165, 1.54) is 6.33 Å². The highest BCUT2D eigenvalue weighted by atomic mass is 16.1. The van der Waals surface area contributed by atoms with Crippen LogP contribution in [-0.4, -0.2) is 30.6 Å². The number of hydrogen-bond acceptors (Lipinski definition) is 4. The summed E-state index contributed by atoms with van der Waals surface area (Å²) >= 11 is 0. The lowest BCUT2D eigenvalue weighted by molar-refractivity contribution is -0.116. The van der Waals surface area contributed by atoms with Crippen molar-refractivity contribution >= 4 is 11.9 Å². The van der Waals surface area contributed by atoms with E-state index in [2.05, 4.69) is 25.5 Å². The molecule has 0 fully saturated rings. The molecule has 15 heavy (non-hydrogen) atoms. The lowest BCUT2D eigenvalue weighted by atomic mass is 10.4. The van der Waals surface area contributed by atoms with E-state index >= 15 is 0 Å². The van der Waals surface area contributed by atoms with Crippen molar-refractivity contribution in [3.63, 3.8) is 0 Å². The molecule has 0 saturated heterocycles. The number of amides is 1. The minimum absolute atomic E-state index is 0.111. The molecule has 0 saturated carbocycles. The Balaban J connectivity index is 1.78. The summed E-state index contributed by atoms with van der Waals surface area (Å²) in [7, 11) is 0. The summed E-state index contributed by atoms with van der Waals surface area (Å²) in [5.41, 5.74) is 0. The average molecular weight is 206 g/mol. The molecule has 1 amide bonds. The summed E-state index contributed by atoms with van der Waals surface area (Å²) in [5.74, 6) is 0.256. The first-order valence-corrected chi connectivity index (χ1v) is 4.45. The van der Waals surface area contributed by atoms with Gasteiger partial charge in [-0.05, 0) is 0 Å². The molecule has 0 aliphatic carbocycles. The number of H-pyrrole nitrogens is 1. The highest BCUT2D eigenvalue weighted by Crippen LogP contribution is 1.96. The molecule has 0 bridgehead atoms. The van der Waals surface area contributed by atoms with E-state index in [1.807, 2.05) is 10.8 Å². The van der Waals surface area contributed by atoms with Crippen LogP contribution >= 0.6 is 0 Å². The van der Waals surface area contributed by atoms with Crippen molar-refractivity contribution in [2.75, 3.05) is 5.32 Å². The molecule has 2 aromatic rings. The monoisotopic (exact) mass is 206 g/mol. The topological polar surface area (TPSA) is 88.5 Å². The fourth-order valence-electron chi connectivity index (χ4n) is 1.11. The van der Waals surface area contributed by atoms with Gasteiger partial charge in [0.2, 0.25) is 11.9 Å². The van der Waals surface area contributed by atoms with Gasteiger partial charge in [-0.3, -0.25) is 10.1 Å². The zero-order valence-corrected chi connectivity index (χ0v) is 7.92. The van der Waals surface area contributed by atoms with Gasteiger partial charge in [-0.15, -0.1) is 0 Å². The fourth-order valence-corrected chi connectivity index (χ4v) is 1.11. The second-order valence-electron chi connectivity index (χ2n) is 2.93. The predicted octanol–water partition coefficient (Wildman–Crippen LogP) is 0.0300. The Morgan fingerprint density at radius 1 is 1.60 bits per heavy atom. The molecule has 2 aromatic heterocycles. The van der Waals surface area contributed by atoms with Crippen LogP contribution in [0, 0.1) is 0 Å². The summed E-state index contributed by atoms with van der Waals surface area (Å²) in [4.78, 5) is 19.0. The van der Waals surface area contributed by atoms with Crippen LogP contribution in [0.1, 0.15) is 6.42 Å². The number of anilines is 1. The van der Waals surface area contributed by atoms with E-state index in [1.54, 1.807) is 12.5 Å². The SMILES string of the molecule is O=C(CCn1ccnc1)Nc1ncn[nH]1.